The Balaban J connectivity index is 1.68. The number of fused-ring (bicyclic) bond motifs is 1. The van der Waals surface area contributed by atoms with Gasteiger partial charge in [0.1, 0.15) is 11.6 Å². The number of carbonyl (C=O) groups is 1. The molecule has 8 heteroatoms. The number of hydrogen-bond donors (Lipinski definition) is 1. The standard InChI is InChI=1S/C25H15Cl4N3O/c26-18-6-5-15(22(28)10-18)13-32-14-17(20-3-1-2-4-24(20)32)9-16(12-30)25(33)31-19-7-8-21(27)23(29)11-19/h1-11,14H,13H2,(H,31,33)/b16-9+. The van der Waals surface area contributed by atoms with Crippen molar-refractivity contribution in [3.8, 4) is 6.07 Å². The van der Waals surface area contributed by atoms with Gasteiger partial charge in [0.05, 0.1) is 10.0 Å². The number of amides is 1. The number of nitrogens with zero attached hydrogens (tertiary/aromatic N) is 2. The summed E-state index contributed by atoms with van der Waals surface area (Å²) in [4.78, 5) is 12.7. The molecule has 0 bridgehead atoms. The predicted octanol–water partition coefficient (Wildman–Crippen LogP) is 7.85. The van der Waals surface area contributed by atoms with Gasteiger partial charge in [-0.1, -0.05) is 70.7 Å². The topological polar surface area (TPSA) is 57.8 Å². The molecule has 0 radical (unpaired) electrons. The molecule has 1 N–H and O–H groups in total. The molecule has 0 spiro atoms. The van der Waals surface area contributed by atoms with Gasteiger partial charge in [0.25, 0.3) is 5.91 Å². The Bertz CT molecular complexity index is 1450. The zero-order valence-electron chi connectivity index (χ0n) is 16.9. The van der Waals surface area contributed by atoms with Crippen LogP contribution in [0.5, 0.6) is 0 Å². The van der Waals surface area contributed by atoms with Gasteiger partial charge in [0.2, 0.25) is 0 Å². The van der Waals surface area contributed by atoms with Crippen molar-refractivity contribution in [3.05, 3.63) is 104 Å². The van der Waals surface area contributed by atoms with Gasteiger partial charge in [-0.15, -0.1) is 0 Å². The van der Waals surface area contributed by atoms with E-state index in [1.165, 1.54) is 6.07 Å². The van der Waals surface area contributed by atoms with E-state index in [4.69, 9.17) is 46.4 Å². The quantitative estimate of drug-likeness (QED) is 0.218. The fourth-order valence-corrected chi connectivity index (χ4v) is 4.20. The summed E-state index contributed by atoms with van der Waals surface area (Å²) >= 11 is 24.3. The van der Waals surface area contributed by atoms with Crippen LogP contribution in [0.4, 0.5) is 5.69 Å². The van der Waals surface area contributed by atoms with Crippen molar-refractivity contribution in [3.63, 3.8) is 0 Å². The summed E-state index contributed by atoms with van der Waals surface area (Å²) in [5.41, 5.74) is 2.97. The minimum Gasteiger partial charge on any atom is -0.342 e. The number of aromatic nitrogens is 1. The third-order valence-corrected chi connectivity index (χ3v) is 6.34. The molecule has 0 saturated carbocycles. The molecule has 0 saturated heterocycles. The van der Waals surface area contributed by atoms with Crippen LogP contribution in [0.25, 0.3) is 17.0 Å². The fourth-order valence-electron chi connectivity index (χ4n) is 3.43. The number of carbonyl (C=O) groups excluding carboxylic acids is 1. The first-order chi connectivity index (χ1) is 15.9. The largest absolute Gasteiger partial charge is 0.342 e. The molecule has 164 valence electrons. The first-order valence-electron chi connectivity index (χ1n) is 9.75. The molecule has 4 rings (SSSR count). The summed E-state index contributed by atoms with van der Waals surface area (Å²) in [6, 6.07) is 19.8. The van der Waals surface area contributed by atoms with Crippen LogP contribution in [0, 0.1) is 11.3 Å². The normalized spacial score (nSPS) is 11.4. The molecule has 4 aromatic rings. The van der Waals surface area contributed by atoms with Crippen molar-refractivity contribution in [2.24, 2.45) is 0 Å². The highest BCUT2D eigenvalue weighted by Crippen LogP contribution is 2.28. The molecule has 1 amide bonds. The Morgan fingerprint density at radius 3 is 2.48 bits per heavy atom. The molecule has 4 nitrogen and oxygen atoms in total. The lowest BCUT2D eigenvalue weighted by Crippen LogP contribution is -2.13. The van der Waals surface area contributed by atoms with Gasteiger partial charge in [-0.25, -0.2) is 0 Å². The average Bonchev–Trinajstić information content (AvgIpc) is 3.13. The van der Waals surface area contributed by atoms with Gasteiger partial charge in [-0.05, 0) is 48.0 Å². The maximum absolute atomic E-state index is 12.7. The Morgan fingerprint density at radius 2 is 1.76 bits per heavy atom. The van der Waals surface area contributed by atoms with Gasteiger partial charge < -0.3 is 9.88 Å². The summed E-state index contributed by atoms with van der Waals surface area (Å²) in [6.45, 7) is 0.502. The third kappa shape index (κ3) is 5.19. The number of nitriles is 1. The van der Waals surface area contributed by atoms with Gasteiger partial charge in [-0.2, -0.15) is 5.26 Å². The summed E-state index contributed by atoms with van der Waals surface area (Å²) < 4.78 is 2.02. The van der Waals surface area contributed by atoms with E-state index in [2.05, 4.69) is 5.32 Å². The molecule has 0 fully saturated rings. The SMILES string of the molecule is N#C/C(=C\c1cn(Cc2ccc(Cl)cc2Cl)c2ccccc12)C(=O)Nc1ccc(Cl)c(Cl)c1. The van der Waals surface area contributed by atoms with Crippen molar-refractivity contribution < 1.29 is 4.79 Å². The van der Waals surface area contributed by atoms with E-state index >= 15 is 0 Å². The zero-order chi connectivity index (χ0) is 23.5. The minimum absolute atomic E-state index is 0.0477. The first kappa shape index (κ1) is 23.2. The molecule has 1 aromatic heterocycles. The maximum atomic E-state index is 12.7. The summed E-state index contributed by atoms with van der Waals surface area (Å²) in [6.07, 6.45) is 3.45. The second-order valence-corrected chi connectivity index (χ2v) is 8.88. The number of anilines is 1. The van der Waals surface area contributed by atoms with Crippen LogP contribution in [0.3, 0.4) is 0 Å². The summed E-state index contributed by atoms with van der Waals surface area (Å²) in [5, 5.41) is 15.0. The van der Waals surface area contributed by atoms with Crippen LogP contribution in [0.15, 0.2) is 72.4 Å². The Morgan fingerprint density at radius 1 is 0.970 bits per heavy atom. The van der Waals surface area contributed by atoms with Gasteiger partial charge in [0.15, 0.2) is 0 Å². The Hall–Kier alpha value is -2.94. The van der Waals surface area contributed by atoms with E-state index in [1.54, 1.807) is 30.3 Å². The molecule has 0 aliphatic heterocycles. The molecule has 1 heterocycles. The van der Waals surface area contributed by atoms with Gasteiger partial charge in [0, 0.05) is 44.9 Å². The molecule has 0 unspecified atom stereocenters. The van der Waals surface area contributed by atoms with E-state index in [-0.39, 0.29) is 5.57 Å². The number of nitrogens with one attached hydrogen (secondary N) is 1. The summed E-state index contributed by atoms with van der Waals surface area (Å²) in [5.74, 6) is -0.548. The van der Waals surface area contributed by atoms with Crippen molar-refractivity contribution >= 4 is 75.0 Å². The number of halogens is 4. The van der Waals surface area contributed by atoms with Crippen molar-refractivity contribution in [1.82, 2.24) is 4.57 Å². The van der Waals surface area contributed by atoms with Crippen LogP contribution in [-0.2, 0) is 11.3 Å². The van der Waals surface area contributed by atoms with Crippen LogP contribution in [0.2, 0.25) is 20.1 Å². The molecule has 0 aliphatic rings. The van der Waals surface area contributed by atoms with E-state index in [0.717, 1.165) is 22.0 Å². The highest BCUT2D eigenvalue weighted by atomic mass is 35.5. The molecule has 3 aromatic carbocycles. The predicted molar refractivity (Wildman–Crippen MR) is 136 cm³/mol. The smallest absolute Gasteiger partial charge is 0.266 e. The molecule has 0 aliphatic carbocycles. The number of hydrogen-bond acceptors (Lipinski definition) is 2. The maximum Gasteiger partial charge on any atom is 0.266 e. The van der Waals surface area contributed by atoms with Crippen molar-refractivity contribution in [2.45, 2.75) is 6.54 Å². The molecular weight excluding hydrogens is 500 g/mol. The molecule has 0 atom stereocenters. The Kier molecular flexibility index (Phi) is 6.97. The van der Waals surface area contributed by atoms with E-state index in [0.29, 0.717) is 32.3 Å². The average molecular weight is 515 g/mol. The highest BCUT2D eigenvalue weighted by Gasteiger charge is 2.14. The minimum atomic E-state index is -0.548. The first-order valence-corrected chi connectivity index (χ1v) is 11.3. The Labute approximate surface area is 210 Å². The van der Waals surface area contributed by atoms with E-state index < -0.39 is 5.91 Å². The number of para-hydroxylation sites is 1. The zero-order valence-corrected chi connectivity index (χ0v) is 20.0. The van der Waals surface area contributed by atoms with E-state index in [9.17, 15) is 10.1 Å². The molecular formula is C25H15Cl4N3O. The van der Waals surface area contributed by atoms with Crippen LogP contribution in [0.1, 0.15) is 11.1 Å². The van der Waals surface area contributed by atoms with Crippen LogP contribution in [-0.4, -0.2) is 10.5 Å². The van der Waals surface area contributed by atoms with Gasteiger partial charge >= 0.3 is 0 Å². The number of rotatable bonds is 5. The molecule has 33 heavy (non-hydrogen) atoms. The lowest BCUT2D eigenvalue weighted by molar-refractivity contribution is -0.112. The van der Waals surface area contributed by atoms with Crippen LogP contribution >= 0.6 is 46.4 Å². The second kappa shape index (κ2) is 9.91. The van der Waals surface area contributed by atoms with Crippen LogP contribution < -0.4 is 5.32 Å². The fraction of sp³-hybridized carbons (Fsp3) is 0.0400. The highest BCUT2D eigenvalue weighted by molar-refractivity contribution is 6.42. The summed E-state index contributed by atoms with van der Waals surface area (Å²) in [7, 11) is 0. The van der Waals surface area contributed by atoms with Crippen molar-refractivity contribution in [2.75, 3.05) is 5.32 Å². The van der Waals surface area contributed by atoms with Gasteiger partial charge in [-0.3, -0.25) is 4.79 Å². The lowest BCUT2D eigenvalue weighted by Gasteiger charge is -2.08. The third-order valence-electron chi connectivity index (χ3n) is 5.02. The number of benzene rings is 3. The van der Waals surface area contributed by atoms with Crippen molar-refractivity contribution in [1.29, 1.82) is 5.26 Å². The lowest BCUT2D eigenvalue weighted by atomic mass is 10.1. The second-order valence-electron chi connectivity index (χ2n) is 7.22. The van der Waals surface area contributed by atoms with E-state index in [1.807, 2.05) is 47.2 Å². The monoisotopic (exact) mass is 513 g/mol.